The van der Waals surface area contributed by atoms with Gasteiger partial charge in [0.25, 0.3) is 0 Å². The van der Waals surface area contributed by atoms with Crippen LogP contribution in [0.4, 0.5) is 5.13 Å². The first-order valence-corrected chi connectivity index (χ1v) is 19.9. The van der Waals surface area contributed by atoms with Crippen molar-refractivity contribution in [3.8, 4) is 11.5 Å². The van der Waals surface area contributed by atoms with Crippen LogP contribution in [0.15, 0.2) is 64.7 Å². The zero-order chi connectivity index (χ0) is 36.9. The lowest BCUT2D eigenvalue weighted by atomic mass is 9.92. The molecule has 0 N–H and O–H groups in total. The fourth-order valence-electron chi connectivity index (χ4n) is 4.69. The minimum absolute atomic E-state index is 0.240. The Hall–Kier alpha value is -2.90. The van der Waals surface area contributed by atoms with E-state index in [0.29, 0.717) is 19.1 Å². The summed E-state index contributed by atoms with van der Waals surface area (Å²) in [5, 5.41) is 1.04. The molecular formula is C42H66N3O2S2+. The molecule has 2 aromatic heterocycles. The summed E-state index contributed by atoms with van der Waals surface area (Å²) in [6.07, 6.45) is 6.51. The average Bonchev–Trinajstić information content (AvgIpc) is 3.54. The second-order valence-electron chi connectivity index (χ2n) is 15.2. The van der Waals surface area contributed by atoms with Gasteiger partial charge in [-0.2, -0.15) is 0 Å². The quantitative estimate of drug-likeness (QED) is 0.115. The van der Waals surface area contributed by atoms with Gasteiger partial charge >= 0.3 is 9.93 Å². The van der Waals surface area contributed by atoms with Crippen LogP contribution in [0.1, 0.15) is 117 Å². The first-order chi connectivity index (χ1) is 23.0. The highest BCUT2D eigenvalue weighted by molar-refractivity contribution is 7.21. The molecule has 0 fully saturated rings. The Morgan fingerprint density at radius 1 is 0.816 bits per heavy atom. The third-order valence-electron chi connectivity index (χ3n) is 7.88. The van der Waals surface area contributed by atoms with Crippen LogP contribution in [0.25, 0.3) is 20.4 Å². The van der Waals surface area contributed by atoms with Crippen LogP contribution in [-0.4, -0.2) is 17.8 Å². The number of allylic oxidation sites excluding steroid dienone is 4. The van der Waals surface area contributed by atoms with Gasteiger partial charge in [-0.3, -0.25) is 4.57 Å². The van der Waals surface area contributed by atoms with E-state index in [0.717, 1.165) is 47.4 Å². The van der Waals surface area contributed by atoms with Crippen molar-refractivity contribution in [2.75, 3.05) is 13.2 Å². The maximum Gasteiger partial charge on any atom is 0.386 e. The Labute approximate surface area is 306 Å². The largest absolute Gasteiger partial charge is 0.494 e. The Morgan fingerprint density at radius 3 is 1.92 bits per heavy atom. The molecule has 0 spiro atoms. The van der Waals surface area contributed by atoms with E-state index in [-0.39, 0.29) is 10.8 Å². The highest BCUT2D eigenvalue weighted by atomic mass is 32.1. The SMILES string of the molecule is CC.CC(C)=C/C=C(/C)C(C)C.CCOc1ccc2c(c1)sc(=Nc1sc3cc(OCC)ccc3[n+]1CCC(C)(C)C)n2CCC(C)(C)C. The summed E-state index contributed by atoms with van der Waals surface area (Å²) in [6.45, 7) is 35.9. The highest BCUT2D eigenvalue weighted by Crippen LogP contribution is 2.32. The smallest absolute Gasteiger partial charge is 0.386 e. The van der Waals surface area contributed by atoms with E-state index in [1.165, 1.54) is 31.6 Å². The minimum Gasteiger partial charge on any atom is -0.494 e. The summed E-state index contributed by atoms with van der Waals surface area (Å²) < 4.78 is 18.8. The Morgan fingerprint density at radius 2 is 1.39 bits per heavy atom. The van der Waals surface area contributed by atoms with Gasteiger partial charge in [0.05, 0.1) is 34.7 Å². The van der Waals surface area contributed by atoms with E-state index in [1.807, 2.05) is 27.7 Å². The molecule has 0 aliphatic carbocycles. The maximum atomic E-state index is 5.80. The monoisotopic (exact) mass is 708 g/mol. The number of aromatic nitrogens is 2. The van der Waals surface area contributed by atoms with Crippen molar-refractivity contribution in [2.45, 2.75) is 130 Å². The Balaban J connectivity index is 0.000000598. The van der Waals surface area contributed by atoms with Crippen LogP contribution < -0.4 is 18.8 Å². The summed E-state index contributed by atoms with van der Waals surface area (Å²) in [5.74, 6) is 2.50. The number of nitrogens with zero attached hydrogens (tertiary/aromatic N) is 3. The first-order valence-electron chi connectivity index (χ1n) is 18.2. The summed E-state index contributed by atoms with van der Waals surface area (Å²) in [4.78, 5) is 6.39. The molecule has 5 nitrogen and oxygen atoms in total. The van der Waals surface area contributed by atoms with Crippen molar-refractivity contribution in [3.05, 3.63) is 64.5 Å². The molecule has 4 aromatic rings. The van der Waals surface area contributed by atoms with E-state index in [2.05, 4.69) is 134 Å². The first kappa shape index (κ1) is 42.3. The number of thiazole rings is 2. The lowest BCUT2D eigenvalue weighted by Crippen LogP contribution is -2.35. The molecular weight excluding hydrogens is 643 g/mol. The molecule has 0 atom stereocenters. The lowest BCUT2D eigenvalue weighted by Gasteiger charge is -2.18. The van der Waals surface area contributed by atoms with Gasteiger partial charge in [-0.1, -0.05) is 104 Å². The van der Waals surface area contributed by atoms with Crippen molar-refractivity contribution in [2.24, 2.45) is 21.7 Å². The summed E-state index contributed by atoms with van der Waals surface area (Å²) in [6, 6.07) is 12.8. The molecule has 0 bridgehead atoms. The van der Waals surface area contributed by atoms with Crippen molar-refractivity contribution >= 4 is 48.2 Å². The van der Waals surface area contributed by atoms with Gasteiger partial charge in [-0.05, 0) is 106 Å². The topological polar surface area (TPSA) is 39.6 Å². The molecule has 2 heterocycles. The zero-order valence-corrected chi connectivity index (χ0v) is 35.0. The number of hydrogen-bond donors (Lipinski definition) is 0. The van der Waals surface area contributed by atoms with Crippen LogP contribution in [0, 0.1) is 16.7 Å². The third-order valence-corrected chi connectivity index (χ3v) is 9.97. The van der Waals surface area contributed by atoms with Gasteiger partial charge in [0.15, 0.2) is 0 Å². The Kier molecular flexibility index (Phi) is 16.8. The van der Waals surface area contributed by atoms with E-state index in [4.69, 9.17) is 14.5 Å². The molecule has 0 aliphatic rings. The van der Waals surface area contributed by atoms with Gasteiger partial charge in [-0.15, -0.1) is 0 Å². The van der Waals surface area contributed by atoms with Gasteiger partial charge in [0.1, 0.15) is 17.0 Å². The van der Waals surface area contributed by atoms with Crippen LogP contribution in [-0.2, 0) is 13.1 Å². The van der Waals surface area contributed by atoms with Crippen molar-refractivity contribution in [1.29, 1.82) is 0 Å². The molecule has 0 saturated carbocycles. The number of fused-ring (bicyclic) bond motifs is 2. The van der Waals surface area contributed by atoms with Crippen LogP contribution in [0.3, 0.4) is 0 Å². The second-order valence-corrected chi connectivity index (χ2v) is 17.3. The molecule has 4 rings (SSSR count). The molecule has 0 radical (unpaired) electrons. The predicted octanol–water partition coefficient (Wildman–Crippen LogP) is 12.7. The molecule has 0 amide bonds. The minimum atomic E-state index is 0.240. The van der Waals surface area contributed by atoms with Crippen molar-refractivity contribution < 1.29 is 14.0 Å². The average molecular weight is 709 g/mol. The number of ether oxygens (including phenoxy) is 2. The van der Waals surface area contributed by atoms with Gasteiger partial charge in [0.2, 0.25) is 0 Å². The summed E-state index contributed by atoms with van der Waals surface area (Å²) in [5.41, 5.74) is 5.73. The fraction of sp³-hybridized carbons (Fsp3) is 0.571. The molecule has 0 unspecified atom stereocenters. The number of benzene rings is 2. The fourth-order valence-corrected chi connectivity index (χ4v) is 6.92. The molecule has 272 valence electrons. The number of hydrogen-bond acceptors (Lipinski definition) is 5. The standard InChI is InChI=1S/C30H42N3O2S2.C10H18.C2H6/c1-9-34-21-11-13-23-25(19-21)36-27(32(23)17-15-29(3,4)5)31-28-33(18-16-30(6,7)8)24-14-12-22(35-10-2)20-26(24)37-28;1-8(2)6-7-10(5)9(3)4;1-2/h11-14,19-20H,9-10,15-18H2,1-8H3;6-7,9H,1-5H3;1-2H3/q+1;;/b;10-7-;. The molecule has 0 saturated heterocycles. The third kappa shape index (κ3) is 13.7. The van der Waals surface area contributed by atoms with Crippen molar-refractivity contribution in [1.82, 2.24) is 4.57 Å². The van der Waals surface area contributed by atoms with Crippen LogP contribution in [0.2, 0.25) is 0 Å². The van der Waals surface area contributed by atoms with Crippen molar-refractivity contribution in [3.63, 3.8) is 0 Å². The molecule has 49 heavy (non-hydrogen) atoms. The van der Waals surface area contributed by atoms with E-state index >= 15 is 0 Å². The van der Waals surface area contributed by atoms with Gasteiger partial charge < -0.3 is 9.47 Å². The summed E-state index contributed by atoms with van der Waals surface area (Å²) >= 11 is 3.50. The Bertz CT molecular complexity index is 1730. The molecule has 2 aromatic carbocycles. The second kappa shape index (κ2) is 19.5. The van der Waals surface area contributed by atoms with E-state index < -0.39 is 0 Å². The van der Waals surface area contributed by atoms with Crippen LogP contribution >= 0.6 is 22.7 Å². The summed E-state index contributed by atoms with van der Waals surface area (Å²) in [7, 11) is 0. The van der Waals surface area contributed by atoms with E-state index in [1.54, 1.807) is 22.7 Å². The maximum absolute atomic E-state index is 5.80. The molecule has 0 aliphatic heterocycles. The van der Waals surface area contributed by atoms with E-state index in [9.17, 15) is 0 Å². The van der Waals surface area contributed by atoms with Gasteiger partial charge in [-0.25, -0.2) is 4.57 Å². The lowest BCUT2D eigenvalue weighted by molar-refractivity contribution is -0.657. The molecule has 7 heteroatoms. The zero-order valence-electron chi connectivity index (χ0n) is 33.4. The highest BCUT2D eigenvalue weighted by Gasteiger charge is 2.23. The van der Waals surface area contributed by atoms with Gasteiger partial charge in [0, 0.05) is 17.6 Å². The predicted molar refractivity (Wildman–Crippen MR) is 217 cm³/mol. The van der Waals surface area contributed by atoms with Crippen LogP contribution in [0.5, 0.6) is 11.5 Å². The number of aryl methyl sites for hydroxylation is 2. The normalized spacial score (nSPS) is 12.5. The number of rotatable bonds is 11.